The molecule has 102 valence electrons. The third-order valence-electron chi connectivity index (χ3n) is 3.19. The van der Waals surface area contributed by atoms with Gasteiger partial charge in [-0.1, -0.05) is 36.7 Å². The molecule has 0 radical (unpaired) electrons. The summed E-state index contributed by atoms with van der Waals surface area (Å²) in [6, 6.07) is 13.6. The van der Waals surface area contributed by atoms with Crippen molar-refractivity contribution in [3.05, 3.63) is 65.1 Å². The van der Waals surface area contributed by atoms with Crippen molar-refractivity contribution in [1.82, 2.24) is 10.3 Å². The SMILES string of the molecule is CCNC(c1ccccn1)c1cc2cccc(Cl)c2o1. The summed E-state index contributed by atoms with van der Waals surface area (Å²) in [4.78, 5) is 4.41. The monoisotopic (exact) mass is 286 g/mol. The van der Waals surface area contributed by atoms with Crippen LogP contribution in [0.1, 0.15) is 24.4 Å². The first-order chi connectivity index (χ1) is 9.79. The quantitative estimate of drug-likeness (QED) is 0.782. The van der Waals surface area contributed by atoms with Crippen LogP contribution in [0.15, 0.2) is 53.1 Å². The average molecular weight is 287 g/mol. The van der Waals surface area contributed by atoms with Gasteiger partial charge in [-0.3, -0.25) is 4.98 Å². The number of nitrogens with one attached hydrogen (secondary N) is 1. The lowest BCUT2D eigenvalue weighted by Crippen LogP contribution is -2.22. The zero-order valence-electron chi connectivity index (χ0n) is 11.1. The van der Waals surface area contributed by atoms with Crippen molar-refractivity contribution < 1.29 is 4.42 Å². The minimum atomic E-state index is -0.0651. The Morgan fingerprint density at radius 2 is 2.15 bits per heavy atom. The van der Waals surface area contributed by atoms with Crippen LogP contribution in [0, 0.1) is 0 Å². The van der Waals surface area contributed by atoms with E-state index in [2.05, 4.69) is 17.2 Å². The number of nitrogens with zero attached hydrogens (tertiary/aromatic N) is 1. The highest BCUT2D eigenvalue weighted by Crippen LogP contribution is 2.31. The van der Waals surface area contributed by atoms with E-state index in [4.69, 9.17) is 16.0 Å². The summed E-state index contributed by atoms with van der Waals surface area (Å²) >= 11 is 6.17. The van der Waals surface area contributed by atoms with E-state index in [1.54, 1.807) is 6.20 Å². The first kappa shape index (κ1) is 13.2. The maximum Gasteiger partial charge on any atom is 0.152 e. The fraction of sp³-hybridized carbons (Fsp3) is 0.188. The minimum absolute atomic E-state index is 0.0651. The van der Waals surface area contributed by atoms with Gasteiger partial charge in [-0.05, 0) is 30.8 Å². The molecule has 2 aromatic heterocycles. The van der Waals surface area contributed by atoms with E-state index in [1.807, 2.05) is 42.5 Å². The summed E-state index contributed by atoms with van der Waals surface area (Å²) in [5, 5.41) is 5.03. The average Bonchev–Trinajstić information content (AvgIpc) is 2.91. The number of para-hydroxylation sites is 1. The minimum Gasteiger partial charge on any atom is -0.457 e. The summed E-state index contributed by atoms with van der Waals surface area (Å²) in [6.45, 7) is 2.89. The van der Waals surface area contributed by atoms with Crippen molar-refractivity contribution in [3.63, 3.8) is 0 Å². The molecule has 3 aromatic rings. The van der Waals surface area contributed by atoms with Crippen molar-refractivity contribution >= 4 is 22.6 Å². The Labute approximate surface area is 122 Å². The Morgan fingerprint density at radius 3 is 2.85 bits per heavy atom. The third kappa shape index (κ3) is 2.42. The van der Waals surface area contributed by atoms with E-state index in [1.165, 1.54) is 0 Å². The van der Waals surface area contributed by atoms with Gasteiger partial charge in [0.2, 0.25) is 0 Å². The lowest BCUT2D eigenvalue weighted by molar-refractivity contribution is 0.471. The highest BCUT2D eigenvalue weighted by atomic mass is 35.5. The largest absolute Gasteiger partial charge is 0.457 e. The van der Waals surface area contributed by atoms with Crippen molar-refractivity contribution in [3.8, 4) is 0 Å². The van der Waals surface area contributed by atoms with Crippen molar-refractivity contribution in [2.75, 3.05) is 6.54 Å². The number of hydrogen-bond acceptors (Lipinski definition) is 3. The number of furan rings is 1. The number of aromatic nitrogens is 1. The Hall–Kier alpha value is -1.84. The Balaban J connectivity index is 2.08. The van der Waals surface area contributed by atoms with Crippen molar-refractivity contribution in [1.29, 1.82) is 0 Å². The molecule has 1 N–H and O–H groups in total. The molecule has 1 aromatic carbocycles. The number of benzene rings is 1. The van der Waals surface area contributed by atoms with Crippen molar-refractivity contribution in [2.45, 2.75) is 13.0 Å². The van der Waals surface area contributed by atoms with E-state index in [9.17, 15) is 0 Å². The molecule has 0 fully saturated rings. The summed E-state index contributed by atoms with van der Waals surface area (Å²) in [5.74, 6) is 0.827. The van der Waals surface area contributed by atoms with E-state index >= 15 is 0 Å². The van der Waals surface area contributed by atoms with Crippen LogP contribution in [0.5, 0.6) is 0 Å². The Bertz CT molecular complexity index is 709. The van der Waals surface area contributed by atoms with Gasteiger partial charge in [-0.25, -0.2) is 0 Å². The molecule has 4 heteroatoms. The van der Waals surface area contributed by atoms with Gasteiger partial charge in [-0.15, -0.1) is 0 Å². The molecule has 20 heavy (non-hydrogen) atoms. The Morgan fingerprint density at radius 1 is 1.25 bits per heavy atom. The topological polar surface area (TPSA) is 38.1 Å². The van der Waals surface area contributed by atoms with Gasteiger partial charge >= 0.3 is 0 Å². The van der Waals surface area contributed by atoms with Gasteiger partial charge in [0.25, 0.3) is 0 Å². The molecule has 0 aliphatic carbocycles. The van der Waals surface area contributed by atoms with Gasteiger partial charge in [0, 0.05) is 11.6 Å². The van der Waals surface area contributed by atoms with E-state index in [-0.39, 0.29) is 6.04 Å². The smallest absolute Gasteiger partial charge is 0.152 e. The fourth-order valence-corrected chi connectivity index (χ4v) is 2.51. The predicted octanol–water partition coefficient (Wildman–Crippen LogP) is 4.18. The molecule has 1 atom stereocenters. The van der Waals surface area contributed by atoms with E-state index < -0.39 is 0 Å². The standard InChI is InChI=1S/C16H15ClN2O/c1-2-18-15(13-8-3-4-9-19-13)14-10-11-6-5-7-12(17)16(11)20-14/h3-10,15,18H,2H2,1H3. The van der Waals surface area contributed by atoms with Crippen LogP contribution < -0.4 is 5.32 Å². The molecule has 0 saturated carbocycles. The van der Waals surface area contributed by atoms with Gasteiger partial charge in [0.15, 0.2) is 5.58 Å². The van der Waals surface area contributed by atoms with Crippen LogP contribution in [0.25, 0.3) is 11.0 Å². The summed E-state index contributed by atoms with van der Waals surface area (Å²) < 4.78 is 5.93. The zero-order valence-corrected chi connectivity index (χ0v) is 11.9. The molecule has 0 spiro atoms. The van der Waals surface area contributed by atoms with Gasteiger partial charge in [0.05, 0.1) is 10.7 Å². The Kier molecular flexibility index (Phi) is 3.72. The summed E-state index contributed by atoms with van der Waals surface area (Å²) in [5.41, 5.74) is 1.66. The number of pyridine rings is 1. The number of fused-ring (bicyclic) bond motifs is 1. The lowest BCUT2D eigenvalue weighted by Gasteiger charge is -2.14. The number of hydrogen-bond donors (Lipinski definition) is 1. The summed E-state index contributed by atoms with van der Waals surface area (Å²) in [6.07, 6.45) is 1.79. The molecule has 3 nitrogen and oxygen atoms in total. The zero-order chi connectivity index (χ0) is 13.9. The molecule has 2 heterocycles. The highest BCUT2D eigenvalue weighted by Gasteiger charge is 2.19. The maximum absolute atomic E-state index is 6.17. The van der Waals surface area contributed by atoms with Gasteiger partial charge in [0.1, 0.15) is 11.8 Å². The normalized spacial score (nSPS) is 12.7. The molecule has 3 rings (SSSR count). The van der Waals surface area contributed by atoms with Crippen LogP contribution in [0.4, 0.5) is 0 Å². The first-order valence-electron chi connectivity index (χ1n) is 6.62. The van der Waals surface area contributed by atoms with Crippen LogP contribution in [0.3, 0.4) is 0 Å². The van der Waals surface area contributed by atoms with Crippen LogP contribution >= 0.6 is 11.6 Å². The summed E-state index contributed by atoms with van der Waals surface area (Å²) in [7, 11) is 0. The highest BCUT2D eigenvalue weighted by molar-refractivity contribution is 6.34. The van der Waals surface area contributed by atoms with E-state index in [0.717, 1.165) is 29.0 Å². The second-order valence-electron chi connectivity index (χ2n) is 4.55. The predicted molar refractivity (Wildman–Crippen MR) is 81.0 cm³/mol. The van der Waals surface area contributed by atoms with Crippen LogP contribution in [-0.4, -0.2) is 11.5 Å². The number of halogens is 1. The second kappa shape index (κ2) is 5.65. The molecular weight excluding hydrogens is 272 g/mol. The molecular formula is C16H15ClN2O. The third-order valence-corrected chi connectivity index (χ3v) is 3.49. The first-order valence-corrected chi connectivity index (χ1v) is 6.99. The van der Waals surface area contributed by atoms with Crippen LogP contribution in [0.2, 0.25) is 5.02 Å². The van der Waals surface area contributed by atoms with Crippen molar-refractivity contribution in [2.24, 2.45) is 0 Å². The molecule has 0 saturated heterocycles. The maximum atomic E-state index is 6.17. The number of rotatable bonds is 4. The molecule has 0 aliphatic rings. The fourth-order valence-electron chi connectivity index (χ4n) is 2.29. The van der Waals surface area contributed by atoms with E-state index in [0.29, 0.717) is 5.02 Å². The van der Waals surface area contributed by atoms with Gasteiger partial charge < -0.3 is 9.73 Å². The molecule has 0 aliphatic heterocycles. The molecule has 0 amide bonds. The molecule has 0 bridgehead atoms. The second-order valence-corrected chi connectivity index (χ2v) is 4.96. The van der Waals surface area contributed by atoms with Crippen LogP contribution in [-0.2, 0) is 0 Å². The molecule has 1 unspecified atom stereocenters. The van der Waals surface area contributed by atoms with Gasteiger partial charge in [-0.2, -0.15) is 0 Å². The lowest BCUT2D eigenvalue weighted by atomic mass is 10.1.